The van der Waals surface area contributed by atoms with Crippen LogP contribution in [0.5, 0.6) is 17.2 Å². The summed E-state index contributed by atoms with van der Waals surface area (Å²) in [5.41, 5.74) is 1.11. The van der Waals surface area contributed by atoms with Crippen LogP contribution in [-0.2, 0) is 0 Å². The number of ketones is 1. The number of hydrogen-bond donors (Lipinski definition) is 0. The van der Waals surface area contributed by atoms with Crippen molar-refractivity contribution in [2.75, 3.05) is 7.11 Å². The first kappa shape index (κ1) is 21.8. The summed E-state index contributed by atoms with van der Waals surface area (Å²) < 4.78 is 16.0. The predicted molar refractivity (Wildman–Crippen MR) is 123 cm³/mol. The lowest BCUT2D eigenvalue weighted by molar-refractivity contribution is 0.0720. The van der Waals surface area contributed by atoms with Crippen LogP contribution in [0.4, 0.5) is 0 Å². The number of Topliss-reactive ketones (excluding diaryl/α,β-unsaturated/α-hetero) is 1. The topological polar surface area (TPSA) is 78.9 Å². The highest BCUT2D eigenvalue weighted by Crippen LogP contribution is 2.25. The number of fused-ring (bicyclic) bond motifs is 1. The number of carbonyl (C=O) groups excluding carboxylic acids is 3. The van der Waals surface area contributed by atoms with Gasteiger partial charge >= 0.3 is 11.9 Å². The van der Waals surface area contributed by atoms with E-state index in [1.165, 1.54) is 31.2 Å². The average molecular weight is 440 g/mol. The van der Waals surface area contributed by atoms with Crippen molar-refractivity contribution >= 4 is 28.5 Å². The zero-order valence-electron chi connectivity index (χ0n) is 18.0. The Balaban J connectivity index is 1.41. The van der Waals surface area contributed by atoms with Gasteiger partial charge in [0.15, 0.2) is 5.78 Å². The van der Waals surface area contributed by atoms with Crippen LogP contribution >= 0.6 is 0 Å². The lowest BCUT2D eigenvalue weighted by atomic mass is 10.1. The zero-order chi connectivity index (χ0) is 23.4. The third-order valence-electron chi connectivity index (χ3n) is 5.06. The summed E-state index contributed by atoms with van der Waals surface area (Å²) in [6, 6.07) is 23.2. The van der Waals surface area contributed by atoms with E-state index in [9.17, 15) is 14.4 Å². The molecule has 4 rings (SSSR count). The van der Waals surface area contributed by atoms with Crippen LogP contribution in [0, 0.1) is 0 Å². The normalized spacial score (nSPS) is 10.5. The molecule has 0 bridgehead atoms. The predicted octanol–water partition coefficient (Wildman–Crippen LogP) is 5.49. The summed E-state index contributed by atoms with van der Waals surface area (Å²) in [6.45, 7) is 1.46. The molecule has 6 nitrogen and oxygen atoms in total. The number of benzene rings is 4. The van der Waals surface area contributed by atoms with Gasteiger partial charge in [0.1, 0.15) is 17.2 Å². The van der Waals surface area contributed by atoms with Gasteiger partial charge in [-0.05, 0) is 90.5 Å². The molecule has 0 spiro atoms. The molecule has 0 aromatic heterocycles. The van der Waals surface area contributed by atoms with E-state index in [1.807, 2.05) is 24.3 Å². The molecule has 4 aromatic rings. The maximum Gasteiger partial charge on any atom is 0.343 e. The largest absolute Gasteiger partial charge is 0.497 e. The summed E-state index contributed by atoms with van der Waals surface area (Å²) in [4.78, 5) is 36.2. The minimum atomic E-state index is -0.574. The molecule has 0 heterocycles. The van der Waals surface area contributed by atoms with Crippen LogP contribution in [-0.4, -0.2) is 24.8 Å². The van der Waals surface area contributed by atoms with Crippen molar-refractivity contribution in [1.29, 1.82) is 0 Å². The molecular formula is C27H20O6. The monoisotopic (exact) mass is 440 g/mol. The van der Waals surface area contributed by atoms with Gasteiger partial charge in [0.05, 0.1) is 18.2 Å². The molecule has 0 aliphatic carbocycles. The molecule has 0 N–H and O–H groups in total. The SMILES string of the molecule is COc1ccc2cc(OC(=O)c3ccc(C(=O)Oc4ccc(C(C)=O)cc4)cc3)ccc2c1. The van der Waals surface area contributed by atoms with Gasteiger partial charge in [0.2, 0.25) is 0 Å². The molecule has 0 radical (unpaired) electrons. The summed E-state index contributed by atoms with van der Waals surface area (Å²) in [7, 11) is 1.61. The van der Waals surface area contributed by atoms with Crippen molar-refractivity contribution in [2.24, 2.45) is 0 Å². The van der Waals surface area contributed by atoms with E-state index in [2.05, 4.69) is 0 Å². The smallest absolute Gasteiger partial charge is 0.343 e. The molecule has 33 heavy (non-hydrogen) atoms. The van der Waals surface area contributed by atoms with Crippen LogP contribution in [0.2, 0.25) is 0 Å². The van der Waals surface area contributed by atoms with E-state index in [1.54, 1.807) is 43.5 Å². The van der Waals surface area contributed by atoms with Crippen molar-refractivity contribution < 1.29 is 28.6 Å². The summed E-state index contributed by atoms with van der Waals surface area (Å²) in [5.74, 6) is 0.300. The molecule has 0 fully saturated rings. The Morgan fingerprint density at radius 3 is 1.48 bits per heavy atom. The van der Waals surface area contributed by atoms with E-state index in [0.717, 1.165) is 16.5 Å². The highest BCUT2D eigenvalue weighted by molar-refractivity contribution is 5.96. The number of ether oxygens (including phenoxy) is 3. The summed E-state index contributed by atoms with van der Waals surface area (Å²) in [6.07, 6.45) is 0. The molecule has 0 amide bonds. The molecule has 0 saturated heterocycles. The number of rotatable bonds is 6. The van der Waals surface area contributed by atoms with Crippen LogP contribution in [0.15, 0.2) is 84.9 Å². The third kappa shape index (κ3) is 5.07. The van der Waals surface area contributed by atoms with Gasteiger partial charge in [-0.2, -0.15) is 0 Å². The van der Waals surface area contributed by atoms with E-state index in [-0.39, 0.29) is 11.3 Å². The lowest BCUT2D eigenvalue weighted by Gasteiger charge is -2.08. The minimum Gasteiger partial charge on any atom is -0.497 e. The van der Waals surface area contributed by atoms with Crippen molar-refractivity contribution in [3.8, 4) is 17.2 Å². The fraction of sp³-hybridized carbons (Fsp3) is 0.0741. The van der Waals surface area contributed by atoms with Crippen molar-refractivity contribution in [3.63, 3.8) is 0 Å². The van der Waals surface area contributed by atoms with Gasteiger partial charge in [-0.15, -0.1) is 0 Å². The maximum atomic E-state index is 12.5. The van der Waals surface area contributed by atoms with Gasteiger partial charge < -0.3 is 14.2 Å². The van der Waals surface area contributed by atoms with E-state index >= 15 is 0 Å². The van der Waals surface area contributed by atoms with Crippen molar-refractivity contribution in [1.82, 2.24) is 0 Å². The van der Waals surface area contributed by atoms with Gasteiger partial charge in [-0.1, -0.05) is 12.1 Å². The van der Waals surface area contributed by atoms with Gasteiger partial charge in [-0.25, -0.2) is 9.59 Å². The zero-order valence-corrected chi connectivity index (χ0v) is 18.0. The summed E-state index contributed by atoms with van der Waals surface area (Å²) >= 11 is 0. The molecule has 0 saturated carbocycles. The van der Waals surface area contributed by atoms with E-state index in [4.69, 9.17) is 14.2 Å². The van der Waals surface area contributed by atoms with Crippen LogP contribution in [0.3, 0.4) is 0 Å². The first-order valence-electron chi connectivity index (χ1n) is 10.2. The molecule has 0 atom stereocenters. The Labute approximate surface area is 190 Å². The Hall–Kier alpha value is -4.45. The molecular weight excluding hydrogens is 420 g/mol. The standard InChI is InChI=1S/C27H20O6/c1-17(28)18-7-11-23(12-8-18)32-26(29)19-3-5-20(6-4-19)27(30)33-25-14-10-21-15-24(31-2)13-9-22(21)16-25/h3-16H,1-2H3. The maximum absolute atomic E-state index is 12.5. The molecule has 6 heteroatoms. The van der Waals surface area contributed by atoms with Gasteiger partial charge in [0.25, 0.3) is 0 Å². The number of methoxy groups -OCH3 is 1. The average Bonchev–Trinajstić information content (AvgIpc) is 2.84. The number of esters is 2. The highest BCUT2D eigenvalue weighted by Gasteiger charge is 2.13. The fourth-order valence-corrected chi connectivity index (χ4v) is 3.22. The lowest BCUT2D eigenvalue weighted by Crippen LogP contribution is -2.11. The second kappa shape index (κ2) is 9.36. The Bertz CT molecular complexity index is 1340. The van der Waals surface area contributed by atoms with E-state index in [0.29, 0.717) is 22.6 Å². The van der Waals surface area contributed by atoms with E-state index < -0.39 is 11.9 Å². The molecule has 0 aliphatic heterocycles. The fourth-order valence-electron chi connectivity index (χ4n) is 3.22. The molecule has 164 valence electrons. The Kier molecular flexibility index (Phi) is 6.17. The first-order valence-corrected chi connectivity index (χ1v) is 10.2. The van der Waals surface area contributed by atoms with Crippen LogP contribution < -0.4 is 14.2 Å². The first-order chi connectivity index (χ1) is 15.9. The van der Waals surface area contributed by atoms with Crippen molar-refractivity contribution in [3.05, 3.63) is 102 Å². The minimum absolute atomic E-state index is 0.0701. The quantitative estimate of drug-likeness (QED) is 0.224. The molecule has 0 unspecified atom stereocenters. The third-order valence-corrected chi connectivity index (χ3v) is 5.06. The van der Waals surface area contributed by atoms with Crippen LogP contribution in [0.1, 0.15) is 38.0 Å². The highest BCUT2D eigenvalue weighted by atomic mass is 16.5. The second-order valence-electron chi connectivity index (χ2n) is 7.31. The number of carbonyl (C=O) groups is 3. The Morgan fingerprint density at radius 2 is 0.970 bits per heavy atom. The number of hydrogen-bond acceptors (Lipinski definition) is 6. The molecule has 0 aliphatic rings. The van der Waals surface area contributed by atoms with Gasteiger partial charge in [-0.3, -0.25) is 4.79 Å². The second-order valence-corrected chi connectivity index (χ2v) is 7.31. The Morgan fingerprint density at radius 1 is 0.545 bits per heavy atom. The summed E-state index contributed by atoms with van der Waals surface area (Å²) in [5, 5.41) is 1.88. The van der Waals surface area contributed by atoms with Crippen molar-refractivity contribution in [2.45, 2.75) is 6.92 Å². The van der Waals surface area contributed by atoms with Crippen LogP contribution in [0.25, 0.3) is 10.8 Å². The molecule has 4 aromatic carbocycles. The van der Waals surface area contributed by atoms with Gasteiger partial charge in [0, 0.05) is 5.56 Å².